The third kappa shape index (κ3) is 7.06. The van der Waals surface area contributed by atoms with Gasteiger partial charge in [0.15, 0.2) is 0 Å². The Morgan fingerprint density at radius 3 is 2.48 bits per heavy atom. The van der Waals surface area contributed by atoms with Crippen molar-refractivity contribution >= 4 is 51.1 Å². The van der Waals surface area contributed by atoms with Gasteiger partial charge in [-0.3, -0.25) is 4.79 Å². The lowest BCUT2D eigenvalue weighted by Gasteiger charge is -2.16. The van der Waals surface area contributed by atoms with Gasteiger partial charge in [-0.15, -0.1) is 0 Å². The van der Waals surface area contributed by atoms with Gasteiger partial charge in [0.25, 0.3) is 5.91 Å². The topological polar surface area (TPSA) is 84.3 Å². The van der Waals surface area contributed by atoms with Crippen molar-refractivity contribution in [2.45, 2.75) is 45.4 Å². The van der Waals surface area contributed by atoms with Crippen LogP contribution in [-0.2, 0) is 21.4 Å². The molecule has 1 aliphatic rings. The van der Waals surface area contributed by atoms with Crippen LogP contribution in [0.1, 0.15) is 56.0 Å². The minimum Gasteiger partial charge on any atom is -0.303 e. The molecule has 0 spiro atoms. The number of rotatable bonds is 11. The Labute approximate surface area is 257 Å². The monoisotopic (exact) mass is 622 g/mol. The predicted molar refractivity (Wildman–Crippen MR) is 170 cm³/mol. The number of unbranched alkanes of at least 4 members (excludes halogenated alkanes) is 4. The first-order chi connectivity index (χ1) is 20.2. The molecule has 218 valence electrons. The average molecular weight is 624 g/mol. The van der Waals surface area contributed by atoms with E-state index in [-0.39, 0.29) is 6.54 Å². The molecule has 1 N–H and O–H groups in total. The molecule has 4 aromatic rings. The summed E-state index contributed by atoms with van der Waals surface area (Å²) in [6.07, 6.45) is 12.9. The number of halogens is 2. The van der Waals surface area contributed by atoms with E-state index in [9.17, 15) is 13.2 Å². The van der Waals surface area contributed by atoms with E-state index in [0.29, 0.717) is 33.5 Å². The van der Waals surface area contributed by atoms with Gasteiger partial charge in [0.05, 0.1) is 16.4 Å². The maximum absolute atomic E-state index is 12.5. The van der Waals surface area contributed by atoms with Gasteiger partial charge < -0.3 is 4.57 Å². The zero-order chi connectivity index (χ0) is 29.7. The Balaban J connectivity index is 1.45. The highest BCUT2D eigenvalue weighted by Gasteiger charge is 2.34. The number of nitrogens with zero attached hydrogens (tertiary/aromatic N) is 3. The Kier molecular flexibility index (Phi) is 9.36. The first-order valence-corrected chi connectivity index (χ1v) is 16.2. The van der Waals surface area contributed by atoms with Crippen LogP contribution in [0, 0.1) is 0 Å². The van der Waals surface area contributed by atoms with Crippen LogP contribution in [0.25, 0.3) is 23.0 Å². The van der Waals surface area contributed by atoms with Crippen molar-refractivity contribution in [2.75, 3.05) is 10.8 Å². The number of nitrogens with one attached hydrogen (secondary N) is 1. The summed E-state index contributed by atoms with van der Waals surface area (Å²) in [5, 5.41) is 1.01. The largest absolute Gasteiger partial charge is 0.326 e. The van der Waals surface area contributed by atoms with E-state index in [2.05, 4.69) is 43.3 Å². The van der Waals surface area contributed by atoms with E-state index in [0.717, 1.165) is 33.2 Å². The van der Waals surface area contributed by atoms with Crippen LogP contribution in [0.2, 0.25) is 10.0 Å². The molecule has 3 aromatic carbocycles. The Morgan fingerprint density at radius 2 is 1.76 bits per heavy atom. The van der Waals surface area contributed by atoms with Crippen LogP contribution in [-0.4, -0.2) is 30.4 Å². The van der Waals surface area contributed by atoms with Gasteiger partial charge in [-0.05, 0) is 60.4 Å². The number of carbonyl (C=O) groups is 1. The molecule has 1 aliphatic heterocycles. The number of hydrogen-bond donors (Lipinski definition) is 1. The van der Waals surface area contributed by atoms with Gasteiger partial charge in [0.2, 0.25) is 0 Å². The smallest absolute Gasteiger partial charge is 0.303 e. The second kappa shape index (κ2) is 13.2. The first-order valence-electron chi connectivity index (χ1n) is 14.0. The molecule has 1 amide bonds. The first kappa shape index (κ1) is 29.9. The van der Waals surface area contributed by atoms with E-state index in [4.69, 9.17) is 28.2 Å². The second-order valence-electron chi connectivity index (χ2n) is 10.3. The molecule has 1 fully saturated rings. The Bertz CT molecular complexity index is 1720. The van der Waals surface area contributed by atoms with E-state index in [1.807, 2.05) is 27.6 Å². The third-order valence-corrected chi connectivity index (χ3v) is 9.03. The van der Waals surface area contributed by atoms with Crippen LogP contribution >= 0.6 is 23.2 Å². The van der Waals surface area contributed by atoms with Crippen molar-refractivity contribution in [3.63, 3.8) is 0 Å². The van der Waals surface area contributed by atoms with Crippen molar-refractivity contribution in [3.05, 3.63) is 106 Å². The molecular formula is C32H32Cl2N4O3S. The van der Waals surface area contributed by atoms with Crippen LogP contribution in [0.15, 0.2) is 79.0 Å². The van der Waals surface area contributed by atoms with Crippen molar-refractivity contribution in [1.82, 2.24) is 14.3 Å². The summed E-state index contributed by atoms with van der Waals surface area (Å²) in [5.74, 6) is 0.170. The molecule has 0 radical (unpaired) electrons. The zero-order valence-corrected chi connectivity index (χ0v) is 25.6. The number of hydrogen-bond acceptors (Lipinski definition) is 4. The number of aromatic nitrogens is 2. The van der Waals surface area contributed by atoms with Crippen molar-refractivity contribution in [2.24, 2.45) is 0 Å². The molecule has 1 saturated heterocycles. The molecule has 42 heavy (non-hydrogen) atoms. The standard InChI is InChI=1S/C32H32Cl2N4O3S/c1-2-3-4-5-6-7-9-23-12-14-24(15-13-23)18-31-35-30(28-17-16-25(33)19-29(28)34)21-37(31)26-10-8-11-27(20-26)38-22-32(39)36-42(38,40)41/h7-17,19-21H,2-6,18,22H2,1H3,(H,36,39). The van der Waals surface area contributed by atoms with Gasteiger partial charge >= 0.3 is 10.2 Å². The zero-order valence-electron chi connectivity index (χ0n) is 23.3. The average Bonchev–Trinajstić information content (AvgIpc) is 3.50. The highest BCUT2D eigenvalue weighted by Crippen LogP contribution is 2.32. The summed E-state index contributed by atoms with van der Waals surface area (Å²) in [6, 6.07) is 20.7. The minimum atomic E-state index is -3.94. The van der Waals surface area contributed by atoms with Crippen molar-refractivity contribution in [3.8, 4) is 16.9 Å². The van der Waals surface area contributed by atoms with Crippen LogP contribution in [0.5, 0.6) is 0 Å². The summed E-state index contributed by atoms with van der Waals surface area (Å²) in [6.45, 7) is 1.95. The molecule has 5 rings (SSSR count). The molecule has 10 heteroatoms. The van der Waals surface area contributed by atoms with Crippen LogP contribution in [0.4, 0.5) is 5.69 Å². The third-order valence-electron chi connectivity index (χ3n) is 7.08. The number of carbonyl (C=O) groups excluding carboxylic acids is 1. The van der Waals surface area contributed by atoms with Gasteiger partial charge in [-0.1, -0.05) is 91.9 Å². The van der Waals surface area contributed by atoms with E-state index in [1.54, 1.807) is 30.3 Å². The van der Waals surface area contributed by atoms with Gasteiger partial charge in [-0.2, -0.15) is 8.42 Å². The Morgan fingerprint density at radius 1 is 0.976 bits per heavy atom. The van der Waals surface area contributed by atoms with Gasteiger partial charge in [0, 0.05) is 28.9 Å². The maximum atomic E-state index is 12.5. The van der Waals surface area contributed by atoms with Gasteiger partial charge in [0.1, 0.15) is 12.4 Å². The molecule has 0 atom stereocenters. The summed E-state index contributed by atoms with van der Waals surface area (Å²) in [7, 11) is -3.94. The molecular weight excluding hydrogens is 591 g/mol. The lowest BCUT2D eigenvalue weighted by molar-refractivity contribution is -0.117. The van der Waals surface area contributed by atoms with E-state index < -0.39 is 16.1 Å². The molecule has 2 heterocycles. The van der Waals surface area contributed by atoms with Crippen molar-refractivity contribution in [1.29, 1.82) is 0 Å². The van der Waals surface area contributed by atoms with E-state index >= 15 is 0 Å². The number of allylic oxidation sites excluding steroid dienone is 1. The van der Waals surface area contributed by atoms with Crippen LogP contribution in [0.3, 0.4) is 0 Å². The molecule has 0 bridgehead atoms. The summed E-state index contributed by atoms with van der Waals surface area (Å²) in [4.78, 5) is 16.8. The SMILES string of the molecule is CCCCCCC=Cc1ccc(Cc2nc(-c3ccc(Cl)cc3Cl)cn2-c2cccc(N3CC(=O)NS3(=O)=O)c2)cc1. The fraction of sp³-hybridized carbons (Fsp3) is 0.250. The fourth-order valence-corrected chi connectivity index (χ4v) is 6.55. The maximum Gasteiger partial charge on any atom is 0.326 e. The lowest BCUT2D eigenvalue weighted by Crippen LogP contribution is -2.29. The minimum absolute atomic E-state index is 0.270. The molecule has 0 aliphatic carbocycles. The van der Waals surface area contributed by atoms with Crippen molar-refractivity contribution < 1.29 is 13.2 Å². The quantitative estimate of drug-likeness (QED) is 0.175. The highest BCUT2D eigenvalue weighted by molar-refractivity contribution is 7.92. The normalized spacial score (nSPS) is 14.5. The second-order valence-corrected chi connectivity index (χ2v) is 12.7. The lowest BCUT2D eigenvalue weighted by atomic mass is 10.1. The number of benzene rings is 3. The molecule has 0 unspecified atom stereocenters. The molecule has 1 aromatic heterocycles. The van der Waals surface area contributed by atoms with E-state index in [1.165, 1.54) is 25.7 Å². The predicted octanol–water partition coefficient (Wildman–Crippen LogP) is 7.60. The summed E-state index contributed by atoms with van der Waals surface area (Å²) < 4.78 is 30.0. The summed E-state index contributed by atoms with van der Waals surface area (Å²) >= 11 is 12.7. The molecule has 0 saturated carbocycles. The molecule has 7 nitrogen and oxygen atoms in total. The van der Waals surface area contributed by atoms with Crippen LogP contribution < -0.4 is 9.03 Å². The highest BCUT2D eigenvalue weighted by atomic mass is 35.5. The number of imidazole rings is 1. The number of anilines is 1. The Hall–Kier alpha value is -3.59. The number of amides is 1. The fourth-order valence-electron chi connectivity index (χ4n) is 4.91. The van der Waals surface area contributed by atoms with Gasteiger partial charge in [-0.25, -0.2) is 14.0 Å². The summed E-state index contributed by atoms with van der Waals surface area (Å²) in [5.41, 5.74) is 4.68.